The molecule has 0 spiro atoms. The lowest BCUT2D eigenvalue weighted by Crippen LogP contribution is -2.33. The zero-order valence-corrected chi connectivity index (χ0v) is 9.09. The molecule has 0 saturated heterocycles. The molecule has 0 heterocycles. The van der Waals surface area contributed by atoms with Gasteiger partial charge in [-0.05, 0) is 19.9 Å². The molecule has 78 valence electrons. The lowest BCUT2D eigenvalue weighted by molar-refractivity contribution is 0.132. The molecule has 0 amide bonds. The minimum atomic E-state index is 0.817. The first-order valence-electron chi connectivity index (χ1n) is 5.54. The summed E-state index contributed by atoms with van der Waals surface area (Å²) in [7, 11) is 4.01. The van der Waals surface area contributed by atoms with E-state index >= 15 is 0 Å². The molecule has 1 saturated carbocycles. The molecule has 2 heteroatoms. The van der Waals surface area contributed by atoms with Crippen molar-refractivity contribution in [3.05, 3.63) is 0 Å². The normalized spacial score (nSPS) is 20.5. The van der Waals surface area contributed by atoms with Crippen molar-refractivity contribution in [3.63, 3.8) is 0 Å². The average molecular weight is 185 g/mol. The summed E-state index contributed by atoms with van der Waals surface area (Å²) in [5.41, 5.74) is 0. The molecule has 0 atom stereocenters. The van der Waals surface area contributed by atoms with E-state index in [0.717, 1.165) is 19.2 Å². The fourth-order valence-corrected chi connectivity index (χ4v) is 2.12. The van der Waals surface area contributed by atoms with Crippen molar-refractivity contribution in [2.45, 2.75) is 44.6 Å². The van der Waals surface area contributed by atoms with Crippen LogP contribution in [0.1, 0.15) is 38.5 Å². The molecule has 1 rings (SSSR count). The molecule has 1 aliphatic carbocycles. The van der Waals surface area contributed by atoms with E-state index in [-0.39, 0.29) is 0 Å². The van der Waals surface area contributed by atoms with Gasteiger partial charge in [-0.25, -0.2) is 0 Å². The van der Waals surface area contributed by atoms with Gasteiger partial charge in [-0.15, -0.1) is 0 Å². The summed E-state index contributed by atoms with van der Waals surface area (Å²) in [6.07, 6.45) is 8.49. The van der Waals surface area contributed by atoms with Crippen LogP contribution in [-0.4, -0.2) is 38.3 Å². The van der Waals surface area contributed by atoms with Crippen LogP contribution in [0.5, 0.6) is 0 Å². The largest absolute Gasteiger partial charge is 0.383 e. The molecule has 0 radical (unpaired) electrons. The second kappa shape index (κ2) is 6.39. The molecule has 1 fully saturated rings. The van der Waals surface area contributed by atoms with Crippen LogP contribution in [-0.2, 0) is 4.74 Å². The van der Waals surface area contributed by atoms with Gasteiger partial charge >= 0.3 is 0 Å². The molecule has 0 aromatic heterocycles. The molecule has 0 unspecified atom stereocenters. The zero-order chi connectivity index (χ0) is 9.52. The third kappa shape index (κ3) is 4.10. The molecule has 1 aliphatic rings. The summed E-state index contributed by atoms with van der Waals surface area (Å²) in [5, 5.41) is 0. The third-order valence-electron chi connectivity index (χ3n) is 3.10. The molecule has 13 heavy (non-hydrogen) atoms. The van der Waals surface area contributed by atoms with Crippen LogP contribution in [0.4, 0.5) is 0 Å². The van der Waals surface area contributed by atoms with Crippen molar-refractivity contribution in [2.75, 3.05) is 27.3 Å². The highest BCUT2D eigenvalue weighted by Crippen LogP contribution is 2.20. The number of nitrogens with zero attached hydrogens (tertiary/aromatic N) is 1. The van der Waals surface area contributed by atoms with E-state index in [1.807, 2.05) is 0 Å². The molecule has 0 aromatic rings. The second-order valence-electron chi connectivity index (χ2n) is 4.12. The Morgan fingerprint density at radius 2 is 1.77 bits per heavy atom. The van der Waals surface area contributed by atoms with Crippen molar-refractivity contribution >= 4 is 0 Å². The van der Waals surface area contributed by atoms with E-state index in [1.54, 1.807) is 7.11 Å². The quantitative estimate of drug-likeness (QED) is 0.623. The molecular weight excluding hydrogens is 162 g/mol. The Hall–Kier alpha value is -0.0800. The fourth-order valence-electron chi connectivity index (χ4n) is 2.12. The summed E-state index contributed by atoms with van der Waals surface area (Å²) in [4.78, 5) is 2.47. The van der Waals surface area contributed by atoms with E-state index in [9.17, 15) is 0 Å². The van der Waals surface area contributed by atoms with Gasteiger partial charge < -0.3 is 9.64 Å². The summed E-state index contributed by atoms with van der Waals surface area (Å²) in [6, 6.07) is 0.817. The van der Waals surface area contributed by atoms with Crippen molar-refractivity contribution in [1.29, 1.82) is 0 Å². The van der Waals surface area contributed by atoms with Crippen molar-refractivity contribution in [1.82, 2.24) is 4.90 Å². The predicted molar refractivity (Wildman–Crippen MR) is 56.0 cm³/mol. The predicted octanol–water partition coefficient (Wildman–Crippen LogP) is 2.29. The number of hydrogen-bond acceptors (Lipinski definition) is 2. The van der Waals surface area contributed by atoms with Crippen LogP contribution >= 0.6 is 0 Å². The van der Waals surface area contributed by atoms with Gasteiger partial charge in [0.05, 0.1) is 6.61 Å². The molecule has 0 N–H and O–H groups in total. The van der Waals surface area contributed by atoms with E-state index in [2.05, 4.69) is 11.9 Å². The lowest BCUT2D eigenvalue weighted by Gasteiger charge is -2.26. The summed E-state index contributed by atoms with van der Waals surface area (Å²) in [6.45, 7) is 1.95. The van der Waals surface area contributed by atoms with E-state index in [0.29, 0.717) is 0 Å². The SMILES string of the molecule is COCCN(C)C1CCCCCC1. The van der Waals surface area contributed by atoms with Crippen LogP contribution < -0.4 is 0 Å². The Balaban J connectivity index is 2.22. The zero-order valence-electron chi connectivity index (χ0n) is 9.09. The fraction of sp³-hybridized carbons (Fsp3) is 1.00. The van der Waals surface area contributed by atoms with E-state index < -0.39 is 0 Å². The highest BCUT2D eigenvalue weighted by atomic mass is 16.5. The van der Waals surface area contributed by atoms with Gasteiger partial charge in [-0.2, -0.15) is 0 Å². The van der Waals surface area contributed by atoms with Gasteiger partial charge in [0.25, 0.3) is 0 Å². The standard InChI is InChI=1S/C11H23NO/c1-12(9-10-13-2)11-7-5-3-4-6-8-11/h11H,3-10H2,1-2H3. The monoisotopic (exact) mass is 185 g/mol. The number of rotatable bonds is 4. The topological polar surface area (TPSA) is 12.5 Å². The highest BCUT2D eigenvalue weighted by molar-refractivity contribution is 4.71. The van der Waals surface area contributed by atoms with Gasteiger partial charge in [-0.3, -0.25) is 0 Å². The van der Waals surface area contributed by atoms with E-state index in [4.69, 9.17) is 4.74 Å². The maximum atomic E-state index is 5.09. The minimum absolute atomic E-state index is 0.817. The van der Waals surface area contributed by atoms with Gasteiger partial charge in [0.2, 0.25) is 0 Å². The van der Waals surface area contributed by atoms with Crippen molar-refractivity contribution in [2.24, 2.45) is 0 Å². The Morgan fingerprint density at radius 1 is 1.15 bits per heavy atom. The summed E-state index contributed by atoms with van der Waals surface area (Å²) < 4.78 is 5.09. The summed E-state index contributed by atoms with van der Waals surface area (Å²) in [5.74, 6) is 0. The first-order valence-corrected chi connectivity index (χ1v) is 5.54. The molecule has 0 bridgehead atoms. The maximum Gasteiger partial charge on any atom is 0.0589 e. The number of ether oxygens (including phenoxy) is 1. The second-order valence-corrected chi connectivity index (χ2v) is 4.12. The Morgan fingerprint density at radius 3 is 2.31 bits per heavy atom. The smallest absolute Gasteiger partial charge is 0.0589 e. The maximum absolute atomic E-state index is 5.09. The number of hydrogen-bond donors (Lipinski definition) is 0. The van der Waals surface area contributed by atoms with Crippen LogP contribution in [0.25, 0.3) is 0 Å². The highest BCUT2D eigenvalue weighted by Gasteiger charge is 2.15. The van der Waals surface area contributed by atoms with Gasteiger partial charge in [0, 0.05) is 19.7 Å². The van der Waals surface area contributed by atoms with E-state index in [1.165, 1.54) is 38.5 Å². The third-order valence-corrected chi connectivity index (χ3v) is 3.10. The minimum Gasteiger partial charge on any atom is -0.383 e. The lowest BCUT2D eigenvalue weighted by atomic mass is 10.1. The Labute approximate surface area is 82.3 Å². The van der Waals surface area contributed by atoms with Crippen LogP contribution in [0.15, 0.2) is 0 Å². The molecule has 0 aliphatic heterocycles. The van der Waals surface area contributed by atoms with Crippen LogP contribution in [0.2, 0.25) is 0 Å². The first-order chi connectivity index (χ1) is 6.34. The van der Waals surface area contributed by atoms with Crippen molar-refractivity contribution in [3.8, 4) is 0 Å². The van der Waals surface area contributed by atoms with Gasteiger partial charge in [0.15, 0.2) is 0 Å². The van der Waals surface area contributed by atoms with Gasteiger partial charge in [-0.1, -0.05) is 25.7 Å². The first kappa shape index (κ1) is 11.0. The molecule has 2 nitrogen and oxygen atoms in total. The Kier molecular flexibility index (Phi) is 5.40. The van der Waals surface area contributed by atoms with Crippen molar-refractivity contribution < 1.29 is 4.74 Å². The average Bonchev–Trinajstić information content (AvgIpc) is 2.42. The van der Waals surface area contributed by atoms with Gasteiger partial charge in [0.1, 0.15) is 0 Å². The summed E-state index contributed by atoms with van der Waals surface area (Å²) >= 11 is 0. The number of likely N-dealkylation sites (N-methyl/N-ethyl adjacent to an activating group) is 1. The number of methoxy groups -OCH3 is 1. The molecule has 0 aromatic carbocycles. The molecular formula is C11H23NO. The van der Waals surface area contributed by atoms with Crippen LogP contribution in [0, 0.1) is 0 Å². The Bertz CT molecular complexity index is 119. The van der Waals surface area contributed by atoms with Crippen LogP contribution in [0.3, 0.4) is 0 Å².